The molecule has 3 atom stereocenters. The summed E-state index contributed by atoms with van der Waals surface area (Å²) in [5.74, 6) is 0.797. The van der Waals surface area contributed by atoms with Crippen molar-refractivity contribution in [1.82, 2.24) is 15.1 Å². The van der Waals surface area contributed by atoms with Crippen molar-refractivity contribution in [2.45, 2.75) is 58.2 Å². The molecule has 2 N–H and O–H groups in total. The smallest absolute Gasteiger partial charge is 0.0611 e. The predicted octanol–water partition coefficient (Wildman–Crippen LogP) is 1.40. The lowest BCUT2D eigenvalue weighted by Gasteiger charge is -2.37. The summed E-state index contributed by atoms with van der Waals surface area (Å²) >= 11 is 0. The Labute approximate surface area is 125 Å². The molecule has 0 aromatic heterocycles. The zero-order chi connectivity index (χ0) is 15.3. The zero-order valence-electron chi connectivity index (χ0n) is 14.3. The van der Waals surface area contributed by atoms with Gasteiger partial charge in [-0.3, -0.25) is 0 Å². The predicted molar refractivity (Wildman–Crippen MR) is 86.1 cm³/mol. The van der Waals surface area contributed by atoms with Gasteiger partial charge in [0.1, 0.15) is 0 Å². The Kier molecular flexibility index (Phi) is 6.92. The van der Waals surface area contributed by atoms with Crippen LogP contribution in [0.5, 0.6) is 0 Å². The molecule has 4 heteroatoms. The number of aliphatic hydroxyl groups excluding tert-OH is 1. The van der Waals surface area contributed by atoms with E-state index in [1.807, 2.05) is 0 Å². The van der Waals surface area contributed by atoms with E-state index < -0.39 is 0 Å². The van der Waals surface area contributed by atoms with Crippen LogP contribution in [0.3, 0.4) is 0 Å². The van der Waals surface area contributed by atoms with Crippen molar-refractivity contribution in [2.24, 2.45) is 5.92 Å². The van der Waals surface area contributed by atoms with Crippen LogP contribution in [0.4, 0.5) is 0 Å². The van der Waals surface area contributed by atoms with Gasteiger partial charge in [0.15, 0.2) is 0 Å². The molecule has 0 aliphatic carbocycles. The lowest BCUT2D eigenvalue weighted by Crippen LogP contribution is -2.52. The first-order chi connectivity index (χ1) is 9.25. The van der Waals surface area contributed by atoms with Crippen LogP contribution in [-0.2, 0) is 0 Å². The third-order valence-corrected chi connectivity index (χ3v) is 4.52. The molecule has 0 aromatic rings. The second kappa shape index (κ2) is 7.74. The van der Waals surface area contributed by atoms with Gasteiger partial charge in [-0.1, -0.05) is 13.8 Å². The summed E-state index contributed by atoms with van der Waals surface area (Å²) in [5.41, 5.74) is -0.186. The first-order valence-corrected chi connectivity index (χ1v) is 8.03. The summed E-state index contributed by atoms with van der Waals surface area (Å²) < 4.78 is 0. The molecule has 1 fully saturated rings. The maximum Gasteiger partial charge on any atom is 0.0611 e. The van der Waals surface area contributed by atoms with Crippen LogP contribution in [-0.4, -0.2) is 72.9 Å². The Morgan fingerprint density at radius 3 is 2.50 bits per heavy atom. The van der Waals surface area contributed by atoms with Gasteiger partial charge in [0.05, 0.1) is 6.61 Å². The number of rotatable bonds is 8. The van der Waals surface area contributed by atoms with Gasteiger partial charge in [0.2, 0.25) is 0 Å². The van der Waals surface area contributed by atoms with Crippen molar-refractivity contribution in [2.75, 3.05) is 40.3 Å². The van der Waals surface area contributed by atoms with Crippen LogP contribution in [0.15, 0.2) is 0 Å². The van der Waals surface area contributed by atoms with Crippen molar-refractivity contribution in [3.63, 3.8) is 0 Å². The van der Waals surface area contributed by atoms with Gasteiger partial charge in [0, 0.05) is 30.7 Å². The monoisotopic (exact) mass is 285 g/mol. The summed E-state index contributed by atoms with van der Waals surface area (Å²) in [6.45, 7) is 12.5. The van der Waals surface area contributed by atoms with Gasteiger partial charge in [-0.05, 0) is 53.2 Å². The summed E-state index contributed by atoms with van der Waals surface area (Å²) in [4.78, 5) is 4.88. The van der Waals surface area contributed by atoms with E-state index >= 15 is 0 Å². The van der Waals surface area contributed by atoms with Crippen LogP contribution < -0.4 is 5.32 Å². The standard InChI is InChI=1S/C16H35N3O/c1-13(2)17-16(4,12-20)9-14(3)19(6)11-15-7-8-18(5)10-15/h13-15,17,20H,7-12H2,1-6H3. The zero-order valence-corrected chi connectivity index (χ0v) is 14.3. The van der Waals surface area contributed by atoms with E-state index in [2.05, 4.69) is 56.9 Å². The van der Waals surface area contributed by atoms with Crippen molar-refractivity contribution in [3.8, 4) is 0 Å². The molecule has 0 spiro atoms. The molecular formula is C16H35N3O. The van der Waals surface area contributed by atoms with E-state index in [9.17, 15) is 5.11 Å². The van der Waals surface area contributed by atoms with Crippen molar-refractivity contribution in [1.29, 1.82) is 0 Å². The molecule has 0 aromatic carbocycles. The number of aliphatic hydroxyl groups is 1. The minimum absolute atomic E-state index is 0.186. The molecular weight excluding hydrogens is 250 g/mol. The average Bonchev–Trinajstić information content (AvgIpc) is 2.73. The highest BCUT2D eigenvalue weighted by molar-refractivity contribution is 4.88. The molecule has 3 unspecified atom stereocenters. The minimum Gasteiger partial charge on any atom is -0.394 e. The summed E-state index contributed by atoms with van der Waals surface area (Å²) in [6.07, 6.45) is 2.29. The fraction of sp³-hybridized carbons (Fsp3) is 1.00. The molecule has 1 aliphatic rings. The Morgan fingerprint density at radius 2 is 2.05 bits per heavy atom. The molecule has 0 radical (unpaired) electrons. The van der Waals surface area contributed by atoms with E-state index in [1.165, 1.54) is 19.5 Å². The molecule has 4 nitrogen and oxygen atoms in total. The third kappa shape index (κ3) is 5.68. The second-order valence-corrected chi connectivity index (χ2v) is 7.43. The fourth-order valence-corrected chi connectivity index (χ4v) is 3.44. The topological polar surface area (TPSA) is 38.7 Å². The SMILES string of the molecule is CC(C)NC(C)(CO)CC(C)N(C)CC1CCN(C)C1. The van der Waals surface area contributed by atoms with E-state index in [4.69, 9.17) is 0 Å². The fourth-order valence-electron chi connectivity index (χ4n) is 3.44. The molecule has 1 heterocycles. The van der Waals surface area contributed by atoms with Gasteiger partial charge < -0.3 is 20.2 Å². The van der Waals surface area contributed by atoms with E-state index in [0.29, 0.717) is 12.1 Å². The minimum atomic E-state index is -0.186. The van der Waals surface area contributed by atoms with Crippen LogP contribution in [0, 0.1) is 5.92 Å². The molecule has 1 saturated heterocycles. The highest BCUT2D eigenvalue weighted by atomic mass is 16.3. The van der Waals surface area contributed by atoms with Gasteiger partial charge in [-0.15, -0.1) is 0 Å². The Bertz CT molecular complexity index is 285. The average molecular weight is 285 g/mol. The Morgan fingerprint density at radius 1 is 1.40 bits per heavy atom. The maximum atomic E-state index is 9.70. The van der Waals surface area contributed by atoms with E-state index in [1.54, 1.807) is 0 Å². The first kappa shape index (κ1) is 17.9. The highest BCUT2D eigenvalue weighted by Crippen LogP contribution is 2.20. The van der Waals surface area contributed by atoms with Gasteiger partial charge in [-0.25, -0.2) is 0 Å². The maximum absolute atomic E-state index is 9.70. The van der Waals surface area contributed by atoms with Crippen LogP contribution in [0.1, 0.15) is 40.5 Å². The number of nitrogens with zero attached hydrogens (tertiary/aromatic N) is 2. The lowest BCUT2D eigenvalue weighted by atomic mass is 9.92. The van der Waals surface area contributed by atoms with Crippen LogP contribution in [0.25, 0.3) is 0 Å². The largest absolute Gasteiger partial charge is 0.394 e. The number of hydrogen-bond donors (Lipinski definition) is 2. The van der Waals surface area contributed by atoms with Gasteiger partial charge in [-0.2, -0.15) is 0 Å². The lowest BCUT2D eigenvalue weighted by molar-refractivity contribution is 0.113. The normalized spacial score (nSPS) is 25.4. The summed E-state index contributed by atoms with van der Waals surface area (Å²) in [5, 5.41) is 13.2. The van der Waals surface area contributed by atoms with Crippen molar-refractivity contribution >= 4 is 0 Å². The second-order valence-electron chi connectivity index (χ2n) is 7.43. The highest BCUT2D eigenvalue weighted by Gasteiger charge is 2.29. The summed E-state index contributed by atoms with van der Waals surface area (Å²) in [7, 11) is 4.43. The molecule has 0 saturated carbocycles. The molecule has 0 bridgehead atoms. The molecule has 1 aliphatic heterocycles. The van der Waals surface area contributed by atoms with Crippen LogP contribution in [0.2, 0.25) is 0 Å². The van der Waals surface area contributed by atoms with Gasteiger partial charge in [0.25, 0.3) is 0 Å². The van der Waals surface area contributed by atoms with Crippen LogP contribution >= 0.6 is 0 Å². The van der Waals surface area contributed by atoms with Crippen molar-refractivity contribution < 1.29 is 5.11 Å². The van der Waals surface area contributed by atoms with Crippen molar-refractivity contribution in [3.05, 3.63) is 0 Å². The number of hydrogen-bond acceptors (Lipinski definition) is 4. The van der Waals surface area contributed by atoms with Gasteiger partial charge >= 0.3 is 0 Å². The summed E-state index contributed by atoms with van der Waals surface area (Å²) in [6, 6.07) is 0.873. The Balaban J connectivity index is 2.45. The van der Waals surface area contributed by atoms with E-state index in [-0.39, 0.29) is 12.1 Å². The number of nitrogens with one attached hydrogen (secondary N) is 1. The number of likely N-dealkylation sites (tertiary alicyclic amines) is 1. The third-order valence-electron chi connectivity index (χ3n) is 4.52. The first-order valence-electron chi connectivity index (χ1n) is 8.03. The molecule has 20 heavy (non-hydrogen) atoms. The molecule has 1 rings (SSSR count). The Hall–Kier alpha value is -0.160. The molecule has 0 amide bonds. The molecule has 120 valence electrons. The van der Waals surface area contributed by atoms with E-state index in [0.717, 1.165) is 18.9 Å². The quantitative estimate of drug-likeness (QED) is 0.707.